The van der Waals surface area contributed by atoms with Crippen molar-refractivity contribution in [1.29, 1.82) is 0 Å². The summed E-state index contributed by atoms with van der Waals surface area (Å²) in [6.07, 6.45) is -2.61. The fraction of sp³-hybridized carbons (Fsp3) is 0.458. The number of hydrogen-bond donors (Lipinski definition) is 2. The highest BCUT2D eigenvalue weighted by molar-refractivity contribution is 7.89. The molecule has 0 spiro atoms. The first-order valence-electron chi connectivity index (χ1n) is 11.9. The Kier molecular flexibility index (Phi) is 7.85. The van der Waals surface area contributed by atoms with Gasteiger partial charge in [-0.3, -0.25) is 9.69 Å². The second kappa shape index (κ2) is 10.8. The molecule has 0 bridgehead atoms. The Balaban J connectivity index is 1.25. The Hall–Kier alpha value is -3.03. The lowest BCUT2D eigenvalue weighted by Gasteiger charge is -2.29. The molecule has 2 aliphatic heterocycles. The van der Waals surface area contributed by atoms with E-state index in [0.29, 0.717) is 24.1 Å². The van der Waals surface area contributed by atoms with Gasteiger partial charge in [-0.05, 0) is 66.6 Å². The Labute approximate surface area is 212 Å². The molecule has 200 valence electrons. The summed E-state index contributed by atoms with van der Waals surface area (Å²) in [6, 6.07) is 9.37. The minimum absolute atomic E-state index is 0.0431. The summed E-state index contributed by atoms with van der Waals surface area (Å²) < 4.78 is 66.1. The number of alkyl halides is 3. The Bertz CT molecular complexity index is 1300. The van der Waals surface area contributed by atoms with Crippen molar-refractivity contribution in [3.8, 4) is 0 Å². The zero-order chi connectivity index (χ0) is 26.8. The van der Waals surface area contributed by atoms with Crippen LogP contribution in [0.5, 0.6) is 0 Å². The first-order chi connectivity index (χ1) is 17.4. The number of carbonyl (C=O) groups excluding carboxylic acids is 1. The van der Waals surface area contributed by atoms with Gasteiger partial charge in [-0.25, -0.2) is 18.3 Å². The highest BCUT2D eigenvalue weighted by Crippen LogP contribution is 2.27. The lowest BCUT2D eigenvalue weighted by Crippen LogP contribution is -2.43. The minimum atomic E-state index is -4.94. The second-order valence-corrected chi connectivity index (χ2v) is 11.0. The molecule has 37 heavy (non-hydrogen) atoms. The summed E-state index contributed by atoms with van der Waals surface area (Å²) in [6.45, 7) is 2.14. The number of nitrogens with one attached hydrogen (secondary N) is 1. The molecule has 2 aromatic carbocycles. The topological polar surface area (TPSA) is 110 Å². The molecule has 0 aliphatic carbocycles. The number of sulfonamides is 1. The molecule has 2 aromatic rings. The SMILES string of the molecule is O=C(N1CCc2cc(S(=O)(=O)NCCCCN3CCc4ccc([N+](=O)O)cc4C3)ccc2C1)C(F)(F)F. The molecule has 4 rings (SSSR count). The maximum absolute atomic E-state index is 12.7. The van der Waals surface area contributed by atoms with E-state index >= 15 is 0 Å². The molecule has 9 nitrogen and oxygen atoms in total. The number of nitrogens with zero attached hydrogens (tertiary/aromatic N) is 3. The average molecular weight is 542 g/mol. The molecule has 0 fully saturated rings. The quantitative estimate of drug-likeness (QED) is 0.393. The van der Waals surface area contributed by atoms with Crippen LogP contribution in [0.15, 0.2) is 41.3 Å². The number of fused-ring (bicyclic) bond motifs is 2. The first-order valence-corrected chi connectivity index (χ1v) is 13.4. The Morgan fingerprint density at radius 2 is 1.70 bits per heavy atom. The van der Waals surface area contributed by atoms with Crippen LogP contribution in [0.1, 0.15) is 35.1 Å². The van der Waals surface area contributed by atoms with Crippen LogP contribution in [0, 0.1) is 4.91 Å². The molecule has 2 N–H and O–H groups in total. The van der Waals surface area contributed by atoms with Gasteiger partial charge in [-0.2, -0.15) is 13.2 Å². The van der Waals surface area contributed by atoms with Gasteiger partial charge in [0.2, 0.25) is 10.0 Å². The Morgan fingerprint density at radius 3 is 2.43 bits per heavy atom. The van der Waals surface area contributed by atoms with E-state index in [2.05, 4.69) is 9.62 Å². The zero-order valence-corrected chi connectivity index (χ0v) is 20.8. The van der Waals surface area contributed by atoms with Gasteiger partial charge in [-0.1, -0.05) is 12.1 Å². The van der Waals surface area contributed by atoms with Crippen molar-refractivity contribution in [3.63, 3.8) is 0 Å². The molecule has 0 radical (unpaired) electrons. The molecular formula is C24H28F3N4O5S+. The van der Waals surface area contributed by atoms with Crippen molar-refractivity contribution in [3.05, 3.63) is 63.6 Å². The van der Waals surface area contributed by atoms with Gasteiger partial charge in [0, 0.05) is 44.9 Å². The van der Waals surface area contributed by atoms with Gasteiger partial charge in [0.1, 0.15) is 0 Å². The number of rotatable bonds is 8. The van der Waals surface area contributed by atoms with Crippen molar-refractivity contribution < 1.29 is 36.5 Å². The molecule has 0 saturated carbocycles. The van der Waals surface area contributed by atoms with Crippen LogP contribution in [0.3, 0.4) is 0 Å². The summed E-state index contributed by atoms with van der Waals surface area (Å²) >= 11 is 0. The number of benzene rings is 2. The molecule has 0 aromatic heterocycles. The van der Waals surface area contributed by atoms with E-state index in [0.717, 1.165) is 42.0 Å². The molecule has 2 aliphatic rings. The largest absolute Gasteiger partial charge is 0.471 e. The normalized spacial score (nSPS) is 16.2. The summed E-state index contributed by atoms with van der Waals surface area (Å²) in [7, 11) is -3.79. The van der Waals surface area contributed by atoms with Crippen molar-refractivity contribution in [2.24, 2.45) is 0 Å². The fourth-order valence-electron chi connectivity index (χ4n) is 4.71. The number of hydrogen-bond acceptors (Lipinski definition) is 5. The lowest BCUT2D eigenvalue weighted by atomic mass is 9.99. The molecule has 0 unspecified atom stereocenters. The smallest absolute Gasteiger partial charge is 0.330 e. The third-order valence-electron chi connectivity index (χ3n) is 6.73. The summed E-state index contributed by atoms with van der Waals surface area (Å²) in [5.41, 5.74) is 3.42. The highest BCUT2D eigenvalue weighted by Gasteiger charge is 2.43. The van der Waals surface area contributed by atoms with Crippen LogP contribution >= 0.6 is 0 Å². The fourth-order valence-corrected chi connectivity index (χ4v) is 5.84. The van der Waals surface area contributed by atoms with E-state index in [4.69, 9.17) is 5.21 Å². The predicted octanol–water partition coefficient (Wildman–Crippen LogP) is 3.05. The number of amides is 1. The molecule has 0 saturated heterocycles. The lowest BCUT2D eigenvalue weighted by molar-refractivity contribution is -0.729. The standard InChI is InChI=1S/C24H28F3N4O5S/c25-24(26,27)23(32)30-12-8-18-14-22(6-4-19(18)16-30)37(35,36)28-9-1-2-10-29-11-7-17-3-5-21(31(33)34)13-20(17)15-29/h3-6,13-14,28H,1-2,7-12,15-16H2,(H,33,34)/q+1. The van der Waals surface area contributed by atoms with Crippen molar-refractivity contribution in [2.75, 3.05) is 26.2 Å². The monoisotopic (exact) mass is 541 g/mol. The molecule has 0 atom stereocenters. The summed E-state index contributed by atoms with van der Waals surface area (Å²) in [5, 5.41) is 9.11. The van der Waals surface area contributed by atoms with Gasteiger partial charge < -0.3 is 4.90 Å². The zero-order valence-electron chi connectivity index (χ0n) is 20.0. The van der Waals surface area contributed by atoms with Gasteiger partial charge >= 0.3 is 17.8 Å². The van der Waals surface area contributed by atoms with Crippen molar-refractivity contribution in [2.45, 2.75) is 49.8 Å². The summed E-state index contributed by atoms with van der Waals surface area (Å²) in [5.74, 6) is -1.89. The number of halogens is 3. The van der Waals surface area contributed by atoms with E-state index in [-0.39, 0.29) is 41.6 Å². The van der Waals surface area contributed by atoms with Gasteiger partial charge in [0.15, 0.2) is 0 Å². The summed E-state index contributed by atoms with van der Waals surface area (Å²) in [4.78, 5) is 25.4. The Morgan fingerprint density at radius 1 is 0.973 bits per heavy atom. The van der Waals surface area contributed by atoms with Crippen LogP contribution in [0.2, 0.25) is 0 Å². The predicted molar refractivity (Wildman–Crippen MR) is 127 cm³/mol. The maximum Gasteiger partial charge on any atom is 0.471 e. The van der Waals surface area contributed by atoms with E-state index in [9.17, 15) is 31.3 Å². The van der Waals surface area contributed by atoms with Crippen molar-refractivity contribution in [1.82, 2.24) is 14.5 Å². The first kappa shape index (κ1) is 27.0. The van der Waals surface area contributed by atoms with Crippen molar-refractivity contribution >= 4 is 21.6 Å². The third-order valence-corrected chi connectivity index (χ3v) is 8.18. The van der Waals surface area contributed by atoms with E-state index in [1.165, 1.54) is 18.2 Å². The second-order valence-electron chi connectivity index (χ2n) is 9.26. The average Bonchev–Trinajstić information content (AvgIpc) is 2.86. The minimum Gasteiger partial charge on any atom is -0.330 e. The molecular weight excluding hydrogens is 513 g/mol. The van der Waals surface area contributed by atoms with E-state index < -0.39 is 22.1 Å². The van der Waals surface area contributed by atoms with Gasteiger partial charge in [0.25, 0.3) is 4.92 Å². The number of unbranched alkanes of at least 4 members (excludes halogenated alkanes) is 1. The van der Waals surface area contributed by atoms with Crippen LogP contribution in [-0.2, 0) is 40.7 Å². The number of carbonyl (C=O) groups is 1. The van der Waals surface area contributed by atoms with Crippen LogP contribution in [-0.4, -0.2) is 66.6 Å². The van der Waals surface area contributed by atoms with Crippen LogP contribution < -0.4 is 4.72 Å². The van der Waals surface area contributed by atoms with Gasteiger partial charge in [-0.15, -0.1) is 0 Å². The van der Waals surface area contributed by atoms with E-state index in [1.807, 2.05) is 6.07 Å². The highest BCUT2D eigenvalue weighted by atomic mass is 32.2. The molecule has 1 amide bonds. The van der Waals surface area contributed by atoms with Crippen LogP contribution in [0.4, 0.5) is 18.9 Å². The maximum atomic E-state index is 12.7. The molecule has 13 heteroatoms. The molecule has 2 heterocycles. The third kappa shape index (κ3) is 6.46. The van der Waals surface area contributed by atoms with Crippen LogP contribution in [0.25, 0.3) is 0 Å². The van der Waals surface area contributed by atoms with Gasteiger partial charge in [0.05, 0.1) is 9.80 Å². The van der Waals surface area contributed by atoms with E-state index in [1.54, 1.807) is 12.1 Å².